The molecule has 1 saturated heterocycles. The molecule has 20 heavy (non-hydrogen) atoms. The predicted molar refractivity (Wildman–Crippen MR) is 76.5 cm³/mol. The Balaban J connectivity index is 2.19. The Hall–Kier alpha value is -2.01. The van der Waals surface area contributed by atoms with E-state index in [0.717, 1.165) is 6.42 Å². The predicted octanol–water partition coefficient (Wildman–Crippen LogP) is 2.70. The van der Waals surface area contributed by atoms with Gasteiger partial charge < -0.3 is 10.1 Å². The lowest BCUT2D eigenvalue weighted by molar-refractivity contribution is -0.115. The standard InChI is InChI=1S/C14H15ClN2O3/c1-3-8(2)20-12-5-4-9(6-10(12)15)7-11-13(18)17-14(19)16-11/h4-8H,3H2,1-2H3,(H2,16,17,18,19)/b11-7+/t8-/m0/s1. The number of amides is 3. The molecule has 1 aliphatic heterocycles. The molecule has 0 radical (unpaired) electrons. The largest absolute Gasteiger partial charge is 0.489 e. The number of imide groups is 1. The number of nitrogens with one attached hydrogen (secondary N) is 2. The van der Waals surface area contributed by atoms with Crippen LogP contribution in [0.3, 0.4) is 0 Å². The minimum Gasteiger partial charge on any atom is -0.489 e. The lowest BCUT2D eigenvalue weighted by Gasteiger charge is -2.14. The van der Waals surface area contributed by atoms with Gasteiger partial charge >= 0.3 is 6.03 Å². The van der Waals surface area contributed by atoms with Crippen LogP contribution < -0.4 is 15.4 Å². The molecule has 106 valence electrons. The van der Waals surface area contributed by atoms with E-state index < -0.39 is 11.9 Å². The first kappa shape index (κ1) is 14.4. The third kappa shape index (κ3) is 3.30. The molecule has 3 amide bonds. The maximum Gasteiger partial charge on any atom is 0.326 e. The molecule has 6 heteroatoms. The van der Waals surface area contributed by atoms with Gasteiger partial charge in [0.25, 0.3) is 5.91 Å². The van der Waals surface area contributed by atoms with Crippen LogP contribution in [0.5, 0.6) is 5.75 Å². The lowest BCUT2D eigenvalue weighted by atomic mass is 10.2. The second-order valence-electron chi connectivity index (χ2n) is 4.49. The summed E-state index contributed by atoms with van der Waals surface area (Å²) in [5.74, 6) is 0.147. The molecular weight excluding hydrogens is 280 g/mol. The summed E-state index contributed by atoms with van der Waals surface area (Å²) in [4.78, 5) is 22.4. The number of rotatable bonds is 4. The fourth-order valence-electron chi connectivity index (χ4n) is 1.65. The van der Waals surface area contributed by atoms with Crippen LogP contribution >= 0.6 is 11.6 Å². The molecule has 0 aromatic heterocycles. The van der Waals surface area contributed by atoms with Gasteiger partial charge in [-0.05, 0) is 37.1 Å². The van der Waals surface area contributed by atoms with Crippen molar-refractivity contribution in [3.8, 4) is 5.75 Å². The molecule has 2 rings (SSSR count). The molecule has 1 heterocycles. The zero-order chi connectivity index (χ0) is 14.7. The molecule has 0 bridgehead atoms. The fraction of sp³-hybridized carbons (Fsp3) is 0.286. The Morgan fingerprint density at radius 1 is 1.35 bits per heavy atom. The molecule has 0 aliphatic carbocycles. The Labute approximate surface area is 121 Å². The second kappa shape index (κ2) is 5.96. The average Bonchev–Trinajstić information content (AvgIpc) is 2.71. The van der Waals surface area contributed by atoms with Gasteiger partial charge in [-0.25, -0.2) is 4.79 Å². The number of carbonyl (C=O) groups is 2. The highest BCUT2D eigenvalue weighted by molar-refractivity contribution is 6.32. The first-order chi connectivity index (χ1) is 9.49. The van der Waals surface area contributed by atoms with Crippen molar-refractivity contribution in [2.45, 2.75) is 26.4 Å². The number of carbonyl (C=O) groups excluding carboxylic acids is 2. The van der Waals surface area contributed by atoms with Crippen molar-refractivity contribution in [2.24, 2.45) is 0 Å². The topological polar surface area (TPSA) is 67.4 Å². The summed E-state index contributed by atoms with van der Waals surface area (Å²) in [6, 6.07) is 4.68. The summed E-state index contributed by atoms with van der Waals surface area (Å²) in [6.45, 7) is 3.99. The van der Waals surface area contributed by atoms with E-state index in [1.807, 2.05) is 13.8 Å². The third-order valence-electron chi connectivity index (χ3n) is 2.89. The Morgan fingerprint density at radius 3 is 2.65 bits per heavy atom. The Bertz CT molecular complexity index is 584. The van der Waals surface area contributed by atoms with E-state index in [-0.39, 0.29) is 11.8 Å². The molecule has 0 saturated carbocycles. The van der Waals surface area contributed by atoms with Gasteiger partial charge in [-0.1, -0.05) is 24.6 Å². The highest BCUT2D eigenvalue weighted by atomic mass is 35.5. The van der Waals surface area contributed by atoms with Crippen molar-refractivity contribution in [2.75, 3.05) is 0 Å². The molecule has 1 fully saturated rings. The fourth-order valence-corrected chi connectivity index (χ4v) is 1.89. The summed E-state index contributed by atoms with van der Waals surface area (Å²) in [7, 11) is 0. The number of benzene rings is 1. The van der Waals surface area contributed by atoms with Crippen LogP contribution in [0.4, 0.5) is 4.79 Å². The molecule has 0 unspecified atom stereocenters. The van der Waals surface area contributed by atoms with Crippen LogP contribution in [-0.4, -0.2) is 18.0 Å². The van der Waals surface area contributed by atoms with Gasteiger partial charge in [-0.3, -0.25) is 10.1 Å². The number of hydrogen-bond acceptors (Lipinski definition) is 3. The monoisotopic (exact) mass is 294 g/mol. The number of ether oxygens (including phenoxy) is 1. The number of urea groups is 1. The zero-order valence-corrected chi connectivity index (χ0v) is 12.0. The maximum absolute atomic E-state index is 11.4. The first-order valence-corrected chi connectivity index (χ1v) is 6.67. The van der Waals surface area contributed by atoms with Crippen molar-refractivity contribution in [3.05, 3.63) is 34.5 Å². The van der Waals surface area contributed by atoms with Crippen LogP contribution in [0.1, 0.15) is 25.8 Å². The van der Waals surface area contributed by atoms with Crippen molar-refractivity contribution in [1.29, 1.82) is 0 Å². The molecule has 1 aromatic rings. The van der Waals surface area contributed by atoms with Gasteiger partial charge in [0.1, 0.15) is 11.4 Å². The van der Waals surface area contributed by atoms with E-state index in [1.165, 1.54) is 0 Å². The normalized spacial score (nSPS) is 17.9. The molecular formula is C14H15ClN2O3. The quantitative estimate of drug-likeness (QED) is 0.663. The Kier molecular flexibility index (Phi) is 4.29. The smallest absolute Gasteiger partial charge is 0.326 e. The van der Waals surface area contributed by atoms with Gasteiger partial charge in [0.15, 0.2) is 0 Å². The van der Waals surface area contributed by atoms with Gasteiger partial charge in [0, 0.05) is 0 Å². The summed E-state index contributed by atoms with van der Waals surface area (Å²) in [5.41, 5.74) is 0.903. The van der Waals surface area contributed by atoms with Crippen LogP contribution in [0, 0.1) is 0 Å². The number of hydrogen-bond donors (Lipinski definition) is 2. The average molecular weight is 295 g/mol. The molecule has 0 spiro atoms. The van der Waals surface area contributed by atoms with Crippen molar-refractivity contribution in [1.82, 2.24) is 10.6 Å². The van der Waals surface area contributed by atoms with Gasteiger partial charge in [0.05, 0.1) is 11.1 Å². The maximum atomic E-state index is 11.4. The van der Waals surface area contributed by atoms with Crippen molar-refractivity contribution >= 4 is 29.6 Å². The van der Waals surface area contributed by atoms with Crippen LogP contribution in [0.25, 0.3) is 6.08 Å². The minimum atomic E-state index is -0.524. The summed E-state index contributed by atoms with van der Waals surface area (Å²) < 4.78 is 5.66. The van der Waals surface area contributed by atoms with E-state index in [0.29, 0.717) is 16.3 Å². The summed E-state index contributed by atoms with van der Waals surface area (Å²) in [6.07, 6.45) is 2.52. The highest BCUT2D eigenvalue weighted by Crippen LogP contribution is 2.27. The Morgan fingerprint density at radius 2 is 2.10 bits per heavy atom. The highest BCUT2D eigenvalue weighted by Gasteiger charge is 2.22. The third-order valence-corrected chi connectivity index (χ3v) is 3.19. The SMILES string of the molecule is CC[C@H](C)Oc1ccc(/C=C2/NC(=O)NC2=O)cc1Cl. The van der Waals surface area contributed by atoms with E-state index in [4.69, 9.17) is 16.3 Å². The van der Waals surface area contributed by atoms with Crippen molar-refractivity contribution < 1.29 is 14.3 Å². The van der Waals surface area contributed by atoms with Gasteiger partial charge in [-0.2, -0.15) is 0 Å². The van der Waals surface area contributed by atoms with Gasteiger partial charge in [-0.15, -0.1) is 0 Å². The molecule has 1 aliphatic rings. The minimum absolute atomic E-state index is 0.0802. The summed E-state index contributed by atoms with van der Waals surface area (Å²) >= 11 is 6.14. The molecule has 5 nitrogen and oxygen atoms in total. The molecule has 2 N–H and O–H groups in total. The van der Waals surface area contributed by atoms with E-state index in [1.54, 1.807) is 24.3 Å². The van der Waals surface area contributed by atoms with Crippen LogP contribution in [0.2, 0.25) is 5.02 Å². The van der Waals surface area contributed by atoms with Crippen molar-refractivity contribution in [3.63, 3.8) is 0 Å². The van der Waals surface area contributed by atoms with E-state index in [2.05, 4.69) is 10.6 Å². The van der Waals surface area contributed by atoms with E-state index in [9.17, 15) is 9.59 Å². The lowest BCUT2D eigenvalue weighted by Crippen LogP contribution is -2.22. The first-order valence-electron chi connectivity index (χ1n) is 6.30. The zero-order valence-electron chi connectivity index (χ0n) is 11.2. The number of halogens is 1. The molecule has 1 atom stereocenters. The van der Waals surface area contributed by atoms with E-state index >= 15 is 0 Å². The molecule has 1 aromatic carbocycles. The van der Waals surface area contributed by atoms with Crippen LogP contribution in [-0.2, 0) is 4.79 Å². The second-order valence-corrected chi connectivity index (χ2v) is 4.90. The summed E-state index contributed by atoms with van der Waals surface area (Å²) in [5, 5.41) is 5.01. The van der Waals surface area contributed by atoms with Gasteiger partial charge in [0.2, 0.25) is 0 Å². The van der Waals surface area contributed by atoms with Crippen LogP contribution in [0.15, 0.2) is 23.9 Å².